The number of aryl methyl sites for hydroxylation is 1. The number of H-pyrrole nitrogens is 1. The van der Waals surface area contributed by atoms with E-state index in [1.807, 2.05) is 0 Å². The van der Waals surface area contributed by atoms with Gasteiger partial charge in [-0.15, -0.1) is 0 Å². The number of hydrogen-bond acceptors (Lipinski definition) is 3. The van der Waals surface area contributed by atoms with Gasteiger partial charge in [-0.25, -0.2) is 4.98 Å². The maximum absolute atomic E-state index is 11.9. The summed E-state index contributed by atoms with van der Waals surface area (Å²) in [6.07, 6.45) is 2.96. The van der Waals surface area contributed by atoms with Crippen LogP contribution < -0.4 is 5.32 Å². The van der Waals surface area contributed by atoms with Gasteiger partial charge in [0.1, 0.15) is 12.2 Å². The highest BCUT2D eigenvalue weighted by atomic mass is 35.5. The lowest BCUT2D eigenvalue weighted by Crippen LogP contribution is -2.25. The van der Waals surface area contributed by atoms with Crippen LogP contribution >= 0.6 is 23.2 Å². The second-order valence-corrected chi connectivity index (χ2v) is 4.76. The van der Waals surface area contributed by atoms with Gasteiger partial charge >= 0.3 is 0 Å². The number of benzene rings is 1. The molecule has 0 fully saturated rings. The lowest BCUT2D eigenvalue weighted by atomic mass is 10.2. The van der Waals surface area contributed by atoms with Crippen LogP contribution in [0.2, 0.25) is 10.0 Å². The van der Waals surface area contributed by atoms with Crippen molar-refractivity contribution in [3.05, 3.63) is 46.0 Å². The lowest BCUT2D eigenvalue weighted by Gasteiger charge is -2.06. The minimum Gasteiger partial charge on any atom is -0.352 e. The van der Waals surface area contributed by atoms with Crippen molar-refractivity contribution < 1.29 is 4.79 Å². The number of halogens is 2. The Kier molecular flexibility index (Phi) is 4.76. The van der Waals surface area contributed by atoms with E-state index in [0.717, 1.165) is 18.7 Å². The summed E-state index contributed by atoms with van der Waals surface area (Å²) in [5.74, 6) is 0.595. The monoisotopic (exact) mass is 298 g/mol. The molecule has 19 heavy (non-hydrogen) atoms. The molecule has 5 nitrogen and oxygen atoms in total. The molecule has 0 aliphatic heterocycles. The van der Waals surface area contributed by atoms with Crippen LogP contribution in [-0.4, -0.2) is 27.6 Å². The van der Waals surface area contributed by atoms with Crippen molar-refractivity contribution >= 4 is 29.1 Å². The van der Waals surface area contributed by atoms with Crippen LogP contribution in [0.25, 0.3) is 0 Å². The van der Waals surface area contributed by atoms with Crippen molar-refractivity contribution in [3.63, 3.8) is 0 Å². The van der Waals surface area contributed by atoms with Crippen molar-refractivity contribution in [2.45, 2.75) is 12.8 Å². The topological polar surface area (TPSA) is 70.7 Å². The molecule has 2 N–H and O–H groups in total. The second-order valence-electron chi connectivity index (χ2n) is 3.92. The molecule has 0 saturated carbocycles. The number of carbonyl (C=O) groups excluding carboxylic acids is 1. The molecule has 0 aliphatic rings. The standard InChI is InChI=1S/C12H12Cl2N4O/c13-8-3-4-9(10(14)6-8)12(19)15-5-1-2-11-16-7-17-18-11/h3-4,6-7H,1-2,5H2,(H,15,19)(H,16,17,18). The third-order valence-electron chi connectivity index (χ3n) is 2.52. The van der Waals surface area contributed by atoms with Gasteiger partial charge in [-0.1, -0.05) is 23.2 Å². The average Bonchev–Trinajstić information content (AvgIpc) is 2.87. The van der Waals surface area contributed by atoms with Crippen LogP contribution in [0.1, 0.15) is 22.6 Å². The Bertz CT molecular complexity index is 557. The highest BCUT2D eigenvalue weighted by Gasteiger charge is 2.09. The van der Waals surface area contributed by atoms with Crippen LogP contribution in [0.4, 0.5) is 0 Å². The Balaban J connectivity index is 1.81. The summed E-state index contributed by atoms with van der Waals surface area (Å²) in [5, 5.41) is 10.2. The van der Waals surface area contributed by atoms with Gasteiger partial charge in [-0.3, -0.25) is 9.89 Å². The normalized spacial score (nSPS) is 10.4. The predicted molar refractivity (Wildman–Crippen MR) is 73.5 cm³/mol. The van der Waals surface area contributed by atoms with E-state index < -0.39 is 0 Å². The molecule has 100 valence electrons. The second kappa shape index (κ2) is 6.54. The van der Waals surface area contributed by atoms with Gasteiger partial charge in [0.05, 0.1) is 10.6 Å². The number of nitrogens with one attached hydrogen (secondary N) is 2. The van der Waals surface area contributed by atoms with Crippen molar-refractivity contribution in [2.24, 2.45) is 0 Å². The number of hydrogen-bond donors (Lipinski definition) is 2. The molecule has 2 rings (SSSR count). The smallest absolute Gasteiger partial charge is 0.252 e. The van der Waals surface area contributed by atoms with E-state index in [0.29, 0.717) is 22.2 Å². The summed E-state index contributed by atoms with van der Waals surface area (Å²) in [6.45, 7) is 0.540. The highest BCUT2D eigenvalue weighted by molar-refractivity contribution is 6.36. The molecular formula is C12H12Cl2N4O. The molecular weight excluding hydrogens is 287 g/mol. The summed E-state index contributed by atoms with van der Waals surface area (Å²) in [6, 6.07) is 4.79. The van der Waals surface area contributed by atoms with E-state index in [4.69, 9.17) is 23.2 Å². The lowest BCUT2D eigenvalue weighted by molar-refractivity contribution is 0.0953. The molecule has 1 amide bonds. The van der Waals surface area contributed by atoms with Gasteiger partial charge in [0.15, 0.2) is 0 Å². The van der Waals surface area contributed by atoms with E-state index in [9.17, 15) is 4.79 Å². The minimum atomic E-state index is -0.209. The number of nitrogens with zero attached hydrogens (tertiary/aromatic N) is 2. The fourth-order valence-corrected chi connectivity index (χ4v) is 2.07. The molecule has 1 heterocycles. The first-order valence-electron chi connectivity index (χ1n) is 5.74. The molecule has 0 radical (unpaired) electrons. The van der Waals surface area contributed by atoms with Crippen LogP contribution in [-0.2, 0) is 6.42 Å². The highest BCUT2D eigenvalue weighted by Crippen LogP contribution is 2.20. The Morgan fingerprint density at radius 1 is 1.37 bits per heavy atom. The summed E-state index contributed by atoms with van der Waals surface area (Å²) in [4.78, 5) is 15.9. The average molecular weight is 299 g/mol. The number of aromatic amines is 1. The summed E-state index contributed by atoms with van der Waals surface area (Å²) in [5.41, 5.74) is 0.422. The van der Waals surface area contributed by atoms with Crippen LogP contribution in [0.5, 0.6) is 0 Å². The maximum Gasteiger partial charge on any atom is 0.252 e. The molecule has 0 aliphatic carbocycles. The van der Waals surface area contributed by atoms with E-state index >= 15 is 0 Å². The fourth-order valence-electron chi connectivity index (χ4n) is 1.58. The molecule has 0 saturated heterocycles. The van der Waals surface area contributed by atoms with Crippen molar-refractivity contribution in [1.29, 1.82) is 0 Å². The van der Waals surface area contributed by atoms with Crippen LogP contribution in [0.3, 0.4) is 0 Å². The first-order valence-corrected chi connectivity index (χ1v) is 6.50. The number of carbonyl (C=O) groups is 1. The Hall–Kier alpha value is -1.59. The van der Waals surface area contributed by atoms with Crippen molar-refractivity contribution in [3.8, 4) is 0 Å². The molecule has 1 aromatic carbocycles. The van der Waals surface area contributed by atoms with Gasteiger partial charge in [-0.2, -0.15) is 5.10 Å². The molecule has 0 atom stereocenters. The number of amides is 1. The molecule has 0 spiro atoms. The van der Waals surface area contributed by atoms with Crippen molar-refractivity contribution in [2.75, 3.05) is 6.54 Å². The van der Waals surface area contributed by atoms with Crippen molar-refractivity contribution in [1.82, 2.24) is 20.5 Å². The molecule has 0 bridgehead atoms. The summed E-state index contributed by atoms with van der Waals surface area (Å²) in [7, 11) is 0. The summed E-state index contributed by atoms with van der Waals surface area (Å²) < 4.78 is 0. The molecule has 1 aromatic heterocycles. The fraction of sp³-hybridized carbons (Fsp3) is 0.250. The Morgan fingerprint density at radius 3 is 2.89 bits per heavy atom. The maximum atomic E-state index is 11.9. The van der Waals surface area contributed by atoms with Gasteiger partial charge in [0, 0.05) is 18.0 Å². The zero-order valence-electron chi connectivity index (χ0n) is 9.99. The summed E-state index contributed by atoms with van der Waals surface area (Å²) >= 11 is 11.7. The molecule has 7 heteroatoms. The third-order valence-corrected chi connectivity index (χ3v) is 3.06. The van der Waals surface area contributed by atoms with Gasteiger partial charge in [0.25, 0.3) is 5.91 Å². The quantitative estimate of drug-likeness (QED) is 0.833. The first-order chi connectivity index (χ1) is 9.16. The van der Waals surface area contributed by atoms with Crippen LogP contribution in [0, 0.1) is 0 Å². The SMILES string of the molecule is O=C(NCCCc1ncn[nH]1)c1ccc(Cl)cc1Cl. The largest absolute Gasteiger partial charge is 0.352 e. The first kappa shape index (κ1) is 13.8. The van der Waals surface area contributed by atoms with E-state index in [1.165, 1.54) is 6.33 Å². The number of rotatable bonds is 5. The Morgan fingerprint density at radius 2 is 2.21 bits per heavy atom. The molecule has 0 unspecified atom stereocenters. The van der Waals surface area contributed by atoms with Gasteiger partial charge in [-0.05, 0) is 24.6 Å². The van der Waals surface area contributed by atoms with E-state index in [-0.39, 0.29) is 5.91 Å². The van der Waals surface area contributed by atoms with E-state index in [2.05, 4.69) is 20.5 Å². The third kappa shape index (κ3) is 3.94. The van der Waals surface area contributed by atoms with Crippen LogP contribution in [0.15, 0.2) is 24.5 Å². The number of aromatic nitrogens is 3. The minimum absolute atomic E-state index is 0.209. The zero-order valence-corrected chi connectivity index (χ0v) is 11.5. The van der Waals surface area contributed by atoms with Gasteiger partial charge in [0.2, 0.25) is 0 Å². The van der Waals surface area contributed by atoms with Gasteiger partial charge < -0.3 is 5.32 Å². The zero-order chi connectivity index (χ0) is 13.7. The Labute approximate surface area is 120 Å². The predicted octanol–water partition coefficient (Wildman–Crippen LogP) is 2.47. The van der Waals surface area contributed by atoms with E-state index in [1.54, 1.807) is 18.2 Å². The molecule has 2 aromatic rings.